The van der Waals surface area contributed by atoms with Crippen molar-refractivity contribution in [1.29, 1.82) is 0 Å². The monoisotopic (exact) mass is 125 g/mol. The van der Waals surface area contributed by atoms with E-state index >= 15 is 0 Å². The normalized spacial score (nSPS) is 3.00. The molecule has 0 saturated heterocycles. The Bertz CT molecular complexity index is 13.5. The van der Waals surface area contributed by atoms with Gasteiger partial charge in [0.25, 0.3) is 0 Å². The third-order valence-corrected chi connectivity index (χ3v) is 0. The molecule has 0 bridgehead atoms. The molecular weight excluding hydrogens is 121 g/mol. The van der Waals surface area contributed by atoms with Crippen LogP contribution in [0.2, 0.25) is 0 Å². The van der Waals surface area contributed by atoms with Crippen molar-refractivity contribution >= 4 is 18.0 Å². The molecule has 0 spiro atoms. The van der Waals surface area contributed by atoms with Crippen LogP contribution in [0.5, 0.6) is 0 Å². The Hall–Kier alpha value is -0.0416. The van der Waals surface area contributed by atoms with Crippen molar-refractivity contribution in [2.75, 3.05) is 0 Å². The van der Waals surface area contributed by atoms with E-state index in [4.69, 9.17) is 10.1 Å². The van der Waals surface area contributed by atoms with Crippen LogP contribution in [0, 0.1) is 4.91 Å². The fraction of sp³-hybridized carbons (Fsp3) is 0. The van der Waals surface area contributed by atoms with E-state index in [0.29, 0.717) is 0 Å². The zero-order valence-corrected chi connectivity index (χ0v) is 4.98. The second-order valence-corrected chi connectivity index (χ2v) is 0.0816. The van der Waals surface area contributed by atoms with Gasteiger partial charge in [0.05, 0.1) is 0 Å². The van der Waals surface area contributed by atoms with Crippen LogP contribution < -0.4 is 0 Å². The van der Waals surface area contributed by atoms with Crippen LogP contribution in [-0.2, 0) is 0 Å². The third kappa shape index (κ3) is 1040. The molecule has 4 heteroatoms. The standard InChI is InChI=1S/AsH3.HNO2/c;2-1-3/h1H3;(H,2,3). The molecule has 0 aromatic heterocycles. The van der Waals surface area contributed by atoms with Crippen LogP contribution in [0.4, 0.5) is 0 Å². The molecule has 0 heterocycles. The minimum atomic E-state index is 0. The van der Waals surface area contributed by atoms with Gasteiger partial charge in [-0.3, -0.25) is 0 Å². The summed E-state index contributed by atoms with van der Waals surface area (Å²) in [5.41, 5.74) is 0. The van der Waals surface area contributed by atoms with Crippen LogP contribution in [0.15, 0.2) is 5.34 Å². The topological polar surface area (TPSA) is 49.7 Å². The summed E-state index contributed by atoms with van der Waals surface area (Å²) in [6, 6.07) is 0. The van der Waals surface area contributed by atoms with Gasteiger partial charge in [-0.25, -0.2) is 0 Å². The van der Waals surface area contributed by atoms with E-state index < -0.39 is 0 Å². The molecule has 0 radical (unpaired) electrons. The molecule has 0 amide bonds. The van der Waals surface area contributed by atoms with Crippen molar-refractivity contribution in [2.45, 2.75) is 0 Å². The first-order valence-corrected chi connectivity index (χ1v) is 0.383. The van der Waals surface area contributed by atoms with Gasteiger partial charge in [0, 0.05) is 0 Å². The predicted octanol–water partition coefficient (Wildman–Crippen LogP) is -1.04. The fourth-order valence-corrected chi connectivity index (χ4v) is 0. The quantitative estimate of drug-likeness (QED) is 0.255. The summed E-state index contributed by atoms with van der Waals surface area (Å²) < 4.78 is 0. The average Bonchev–Trinajstić information content (AvgIpc) is 0.918. The van der Waals surface area contributed by atoms with Crippen LogP contribution in [0.3, 0.4) is 0 Å². The number of rotatable bonds is 0. The summed E-state index contributed by atoms with van der Waals surface area (Å²) in [6.07, 6.45) is 0. The van der Waals surface area contributed by atoms with Crippen molar-refractivity contribution in [1.82, 2.24) is 0 Å². The van der Waals surface area contributed by atoms with Crippen molar-refractivity contribution < 1.29 is 5.21 Å². The predicted molar refractivity (Wildman–Crippen MR) is 17.5 cm³/mol. The SMILES string of the molecule is O=NO.[AsH3]. The Morgan fingerprint density at radius 3 is 1.75 bits per heavy atom. The Kier molecular flexibility index (Phi) is 27.9. The zero-order valence-electron chi connectivity index (χ0n) is 2.01. The first-order valence-electron chi connectivity index (χ1n) is 0.383. The van der Waals surface area contributed by atoms with Gasteiger partial charge < -0.3 is 5.21 Å². The van der Waals surface area contributed by atoms with Crippen molar-refractivity contribution in [3.63, 3.8) is 0 Å². The molecular formula is H4AsNO2. The van der Waals surface area contributed by atoms with E-state index in [1.807, 2.05) is 0 Å². The Morgan fingerprint density at radius 1 is 1.75 bits per heavy atom. The van der Waals surface area contributed by atoms with E-state index in [0.717, 1.165) is 0 Å². The summed E-state index contributed by atoms with van der Waals surface area (Å²) >= 11 is 0. The van der Waals surface area contributed by atoms with Gasteiger partial charge in [-0.05, 0) is 0 Å². The molecule has 0 saturated carbocycles. The fourth-order valence-electron chi connectivity index (χ4n) is 0. The first-order chi connectivity index (χ1) is 1.41. The van der Waals surface area contributed by atoms with Gasteiger partial charge in [-0.2, -0.15) is 0 Å². The molecule has 3 nitrogen and oxygen atoms in total. The minimum absolute atomic E-state index is 0. The van der Waals surface area contributed by atoms with Gasteiger partial charge in [0.15, 0.2) is 5.34 Å². The Balaban J connectivity index is 0. The van der Waals surface area contributed by atoms with Crippen molar-refractivity contribution in [2.24, 2.45) is 5.34 Å². The molecule has 0 aromatic rings. The maximum atomic E-state index is 8.11. The van der Waals surface area contributed by atoms with Crippen LogP contribution >= 0.6 is 0 Å². The Morgan fingerprint density at radius 2 is 1.75 bits per heavy atom. The first kappa shape index (κ1) is 9.03. The second kappa shape index (κ2) is 12.4. The number of hydrogen-bond donors (Lipinski definition) is 1. The molecule has 1 unspecified atom stereocenters. The van der Waals surface area contributed by atoms with E-state index in [2.05, 4.69) is 0 Å². The molecule has 4 heavy (non-hydrogen) atoms. The number of hydrogen-bond acceptors (Lipinski definition) is 2. The van der Waals surface area contributed by atoms with Gasteiger partial charge >= 0.3 is 18.0 Å². The second-order valence-electron chi connectivity index (χ2n) is 0.0816. The van der Waals surface area contributed by atoms with E-state index in [1.165, 1.54) is 5.34 Å². The zero-order chi connectivity index (χ0) is 2.71. The summed E-state index contributed by atoms with van der Waals surface area (Å²) in [5, 5.41) is 7.89. The van der Waals surface area contributed by atoms with Crippen LogP contribution in [0.25, 0.3) is 0 Å². The van der Waals surface area contributed by atoms with Crippen molar-refractivity contribution in [3.05, 3.63) is 4.91 Å². The van der Waals surface area contributed by atoms with Crippen LogP contribution in [0.1, 0.15) is 0 Å². The van der Waals surface area contributed by atoms with Gasteiger partial charge in [0.2, 0.25) is 0 Å². The molecule has 0 aliphatic rings. The molecule has 0 aromatic carbocycles. The van der Waals surface area contributed by atoms with Gasteiger partial charge in [0.1, 0.15) is 0 Å². The average molecular weight is 125 g/mol. The van der Waals surface area contributed by atoms with E-state index in [-0.39, 0.29) is 18.0 Å². The van der Waals surface area contributed by atoms with Gasteiger partial charge in [-0.1, -0.05) is 0 Å². The summed E-state index contributed by atoms with van der Waals surface area (Å²) in [4.78, 5) is 8.11. The molecule has 0 rings (SSSR count). The van der Waals surface area contributed by atoms with Gasteiger partial charge in [-0.15, -0.1) is 4.91 Å². The summed E-state index contributed by atoms with van der Waals surface area (Å²) in [7, 11) is 0. The van der Waals surface area contributed by atoms with Crippen LogP contribution in [-0.4, -0.2) is 23.2 Å². The molecule has 0 fully saturated rings. The molecule has 1 atom stereocenters. The third-order valence-electron chi connectivity index (χ3n) is 0. The maximum absolute atomic E-state index is 8.11. The summed E-state index contributed by atoms with van der Waals surface area (Å²) in [6.45, 7) is 0. The Labute approximate surface area is 34.3 Å². The number of nitrogens with zero attached hydrogens (tertiary/aromatic N) is 1. The summed E-state index contributed by atoms with van der Waals surface area (Å²) in [5.74, 6) is 0. The molecule has 26 valence electrons. The molecule has 1 N–H and O–H groups in total. The molecule has 0 aliphatic heterocycles. The van der Waals surface area contributed by atoms with E-state index in [9.17, 15) is 0 Å². The molecule has 0 aliphatic carbocycles. The van der Waals surface area contributed by atoms with Crippen molar-refractivity contribution in [3.8, 4) is 0 Å². The van der Waals surface area contributed by atoms with E-state index in [1.54, 1.807) is 0 Å².